The molecular weight excluding hydrogens is 312 g/mol. The van der Waals surface area contributed by atoms with Gasteiger partial charge in [0.15, 0.2) is 0 Å². The fourth-order valence-corrected chi connectivity index (χ4v) is 2.95. The van der Waals surface area contributed by atoms with Crippen LogP contribution < -0.4 is 5.32 Å². The fourth-order valence-electron chi connectivity index (χ4n) is 2.79. The Labute approximate surface area is 140 Å². The molecule has 6 heteroatoms. The molecule has 0 bridgehead atoms. The van der Waals surface area contributed by atoms with Gasteiger partial charge in [-0.05, 0) is 31.7 Å². The fraction of sp³-hybridized carbons (Fsp3) is 0.412. The number of anilines is 1. The Kier molecular flexibility index (Phi) is 4.85. The molecule has 2 atom stereocenters. The molecule has 0 radical (unpaired) electrons. The van der Waals surface area contributed by atoms with Crippen LogP contribution in [-0.4, -0.2) is 32.0 Å². The molecule has 5 nitrogen and oxygen atoms in total. The number of aromatic nitrogens is 3. The molecule has 0 amide bonds. The maximum absolute atomic E-state index is 9.82. The van der Waals surface area contributed by atoms with Crippen molar-refractivity contribution < 1.29 is 5.11 Å². The van der Waals surface area contributed by atoms with Crippen LogP contribution in [0, 0.1) is 11.8 Å². The molecule has 2 aromatic rings. The topological polar surface area (TPSA) is 63.0 Å². The van der Waals surface area contributed by atoms with Gasteiger partial charge in [-0.25, -0.2) is 4.98 Å². The van der Waals surface area contributed by atoms with E-state index < -0.39 is 0 Å². The molecule has 23 heavy (non-hydrogen) atoms. The molecule has 1 saturated carbocycles. The number of rotatable bonds is 2. The summed E-state index contributed by atoms with van der Waals surface area (Å²) in [7, 11) is 1.86. The van der Waals surface area contributed by atoms with Gasteiger partial charge in [0.05, 0.1) is 29.1 Å². The lowest BCUT2D eigenvalue weighted by molar-refractivity contribution is 0.124. The van der Waals surface area contributed by atoms with Gasteiger partial charge in [0, 0.05) is 25.5 Å². The zero-order valence-electron chi connectivity index (χ0n) is 13.0. The first-order valence-corrected chi connectivity index (χ1v) is 8.09. The van der Waals surface area contributed by atoms with Crippen LogP contribution in [0.5, 0.6) is 0 Å². The summed E-state index contributed by atoms with van der Waals surface area (Å²) in [6.07, 6.45) is 8.71. The van der Waals surface area contributed by atoms with Gasteiger partial charge in [0.2, 0.25) is 0 Å². The number of hydrogen-bond acceptors (Lipinski definition) is 4. The van der Waals surface area contributed by atoms with Gasteiger partial charge in [-0.3, -0.25) is 4.68 Å². The standard InChI is InChI=1S/C17H19ClN4O/c1-22-11-12(9-20-22)5-6-13-10-19-17(18)8-16(13)21-14-3-2-4-15(23)7-14/h8-11,14-15,23H,2-4,7H2,1H3,(H,19,21)/t14-,15-/m1/s1. The van der Waals surface area contributed by atoms with Crippen molar-refractivity contribution in [2.45, 2.75) is 37.8 Å². The number of hydrogen-bond donors (Lipinski definition) is 2. The molecule has 2 heterocycles. The molecule has 1 aliphatic carbocycles. The highest BCUT2D eigenvalue weighted by molar-refractivity contribution is 6.29. The minimum absolute atomic E-state index is 0.233. The Morgan fingerprint density at radius 1 is 1.35 bits per heavy atom. The summed E-state index contributed by atoms with van der Waals surface area (Å²) in [6, 6.07) is 2.02. The molecule has 0 saturated heterocycles. The predicted molar refractivity (Wildman–Crippen MR) is 90.3 cm³/mol. The maximum atomic E-state index is 9.82. The normalized spacial score (nSPS) is 20.7. The summed E-state index contributed by atoms with van der Waals surface area (Å²) in [5, 5.41) is 17.8. The first-order chi connectivity index (χ1) is 11.1. The Hall–Kier alpha value is -2.03. The third-order valence-electron chi connectivity index (χ3n) is 3.92. The van der Waals surface area contributed by atoms with E-state index in [1.165, 1.54) is 0 Å². The number of aliphatic hydroxyl groups is 1. The van der Waals surface area contributed by atoms with Gasteiger partial charge >= 0.3 is 0 Å². The van der Waals surface area contributed by atoms with Crippen LogP contribution in [0.15, 0.2) is 24.7 Å². The van der Waals surface area contributed by atoms with Crippen LogP contribution in [0.2, 0.25) is 5.15 Å². The van der Waals surface area contributed by atoms with Gasteiger partial charge in [0.1, 0.15) is 5.15 Å². The molecular formula is C17H19ClN4O. The second kappa shape index (κ2) is 7.03. The van der Waals surface area contributed by atoms with E-state index in [1.54, 1.807) is 23.1 Å². The second-order valence-electron chi connectivity index (χ2n) is 5.87. The number of pyridine rings is 1. The lowest BCUT2D eigenvalue weighted by Crippen LogP contribution is -2.30. The smallest absolute Gasteiger partial charge is 0.131 e. The van der Waals surface area contributed by atoms with Gasteiger partial charge in [-0.1, -0.05) is 23.4 Å². The van der Waals surface area contributed by atoms with Gasteiger partial charge in [-0.15, -0.1) is 0 Å². The van der Waals surface area contributed by atoms with Crippen LogP contribution in [0.3, 0.4) is 0 Å². The summed E-state index contributed by atoms with van der Waals surface area (Å²) in [5.74, 6) is 6.20. The van der Waals surface area contributed by atoms with Gasteiger partial charge in [0.25, 0.3) is 0 Å². The minimum atomic E-state index is -0.233. The number of aryl methyl sites for hydroxylation is 1. The summed E-state index contributed by atoms with van der Waals surface area (Å²) in [5.41, 5.74) is 2.50. The first kappa shape index (κ1) is 15.9. The SMILES string of the molecule is Cn1cc(C#Cc2cnc(Cl)cc2N[C@@H]2CCC[C@@H](O)C2)cn1. The highest BCUT2D eigenvalue weighted by Gasteiger charge is 2.20. The summed E-state index contributed by atoms with van der Waals surface area (Å²) < 4.78 is 1.71. The lowest BCUT2D eigenvalue weighted by Gasteiger charge is -2.27. The molecule has 2 aromatic heterocycles. The summed E-state index contributed by atoms with van der Waals surface area (Å²) in [6.45, 7) is 0. The zero-order chi connectivity index (χ0) is 16.2. The Morgan fingerprint density at radius 3 is 2.96 bits per heavy atom. The van der Waals surface area contributed by atoms with Crippen LogP contribution >= 0.6 is 11.6 Å². The van der Waals surface area contributed by atoms with E-state index in [2.05, 4.69) is 27.2 Å². The Morgan fingerprint density at radius 2 is 2.22 bits per heavy atom. The number of nitrogens with one attached hydrogen (secondary N) is 1. The van der Waals surface area contributed by atoms with Crippen molar-refractivity contribution in [1.29, 1.82) is 0 Å². The Balaban J connectivity index is 1.81. The first-order valence-electron chi connectivity index (χ1n) is 7.71. The van der Waals surface area contributed by atoms with Crippen molar-refractivity contribution >= 4 is 17.3 Å². The second-order valence-corrected chi connectivity index (χ2v) is 6.25. The number of nitrogens with zero attached hydrogens (tertiary/aromatic N) is 3. The van der Waals surface area contributed by atoms with Crippen molar-refractivity contribution in [2.75, 3.05) is 5.32 Å². The van der Waals surface area contributed by atoms with E-state index >= 15 is 0 Å². The number of aliphatic hydroxyl groups excluding tert-OH is 1. The van der Waals surface area contributed by atoms with E-state index in [4.69, 9.17) is 11.6 Å². The Bertz CT molecular complexity index is 747. The third kappa shape index (κ3) is 4.25. The van der Waals surface area contributed by atoms with Crippen molar-refractivity contribution in [3.8, 4) is 11.8 Å². The van der Waals surface area contributed by atoms with E-state index in [1.807, 2.05) is 13.2 Å². The molecule has 3 rings (SSSR count). The van der Waals surface area contributed by atoms with Crippen molar-refractivity contribution in [2.24, 2.45) is 7.05 Å². The van der Waals surface area contributed by atoms with Crippen LogP contribution in [-0.2, 0) is 7.05 Å². The summed E-state index contributed by atoms with van der Waals surface area (Å²) >= 11 is 6.02. The molecule has 2 N–H and O–H groups in total. The average Bonchev–Trinajstić information content (AvgIpc) is 2.92. The van der Waals surface area contributed by atoms with Crippen LogP contribution in [0.4, 0.5) is 5.69 Å². The van der Waals surface area contributed by atoms with Crippen LogP contribution in [0.25, 0.3) is 0 Å². The molecule has 120 valence electrons. The third-order valence-corrected chi connectivity index (χ3v) is 4.13. The van der Waals surface area contributed by atoms with E-state index in [0.29, 0.717) is 5.15 Å². The average molecular weight is 331 g/mol. The monoisotopic (exact) mass is 330 g/mol. The van der Waals surface area contributed by atoms with E-state index in [0.717, 1.165) is 42.5 Å². The van der Waals surface area contributed by atoms with Gasteiger partial charge in [-0.2, -0.15) is 5.10 Å². The summed E-state index contributed by atoms with van der Waals surface area (Å²) in [4.78, 5) is 4.12. The quantitative estimate of drug-likeness (QED) is 0.656. The molecule has 0 aromatic carbocycles. The van der Waals surface area contributed by atoms with Crippen LogP contribution in [0.1, 0.15) is 36.8 Å². The molecule has 1 aliphatic rings. The molecule has 0 spiro atoms. The largest absolute Gasteiger partial charge is 0.393 e. The predicted octanol–water partition coefficient (Wildman–Crippen LogP) is 2.58. The molecule has 0 aliphatic heterocycles. The van der Waals surface area contributed by atoms with Gasteiger partial charge < -0.3 is 10.4 Å². The van der Waals surface area contributed by atoms with Crippen molar-refractivity contribution in [1.82, 2.24) is 14.8 Å². The number of halogens is 1. The molecule has 1 fully saturated rings. The van der Waals surface area contributed by atoms with Crippen molar-refractivity contribution in [3.63, 3.8) is 0 Å². The zero-order valence-corrected chi connectivity index (χ0v) is 13.7. The molecule has 0 unspecified atom stereocenters. The van der Waals surface area contributed by atoms with Crippen molar-refractivity contribution in [3.05, 3.63) is 40.9 Å². The van der Waals surface area contributed by atoms with E-state index in [-0.39, 0.29) is 12.1 Å². The lowest BCUT2D eigenvalue weighted by atomic mass is 9.93. The highest BCUT2D eigenvalue weighted by atomic mass is 35.5. The highest BCUT2D eigenvalue weighted by Crippen LogP contribution is 2.25. The maximum Gasteiger partial charge on any atom is 0.131 e. The minimum Gasteiger partial charge on any atom is -0.393 e. The van der Waals surface area contributed by atoms with E-state index in [9.17, 15) is 5.11 Å².